The van der Waals surface area contributed by atoms with Crippen LogP contribution < -0.4 is 5.32 Å². The molecular weight excluding hydrogens is 346 g/mol. The van der Waals surface area contributed by atoms with Crippen LogP contribution in [-0.2, 0) is 19.4 Å². The van der Waals surface area contributed by atoms with Crippen molar-refractivity contribution in [3.05, 3.63) is 29.8 Å². The number of nitrogens with one attached hydrogen (secondary N) is 1. The van der Waals surface area contributed by atoms with Gasteiger partial charge in [0.05, 0.1) is 22.1 Å². The minimum Gasteiger partial charge on any atom is -0.481 e. The van der Waals surface area contributed by atoms with Crippen molar-refractivity contribution in [2.75, 3.05) is 13.2 Å². The Kier molecular flexibility index (Phi) is 5.84. The van der Waals surface area contributed by atoms with E-state index in [0.29, 0.717) is 31.6 Å². The van der Waals surface area contributed by atoms with E-state index < -0.39 is 32.5 Å². The maximum atomic E-state index is 12.5. The fraction of sp³-hybridized carbons (Fsp3) is 0.529. The Morgan fingerprint density at radius 2 is 1.76 bits per heavy atom. The molecule has 138 valence electrons. The molecule has 1 amide bonds. The number of carboxylic acids is 1. The molecule has 0 atom stereocenters. The van der Waals surface area contributed by atoms with E-state index in [4.69, 9.17) is 9.84 Å². The van der Waals surface area contributed by atoms with Crippen molar-refractivity contribution in [3.63, 3.8) is 0 Å². The van der Waals surface area contributed by atoms with Gasteiger partial charge in [-0.3, -0.25) is 9.59 Å². The predicted octanol–water partition coefficient (Wildman–Crippen LogP) is 1.62. The van der Waals surface area contributed by atoms with E-state index in [1.54, 1.807) is 13.8 Å². The average Bonchev–Trinajstić information content (AvgIpc) is 2.54. The summed E-state index contributed by atoms with van der Waals surface area (Å²) in [5.74, 6) is -1.41. The fourth-order valence-electron chi connectivity index (χ4n) is 2.78. The number of benzene rings is 1. The van der Waals surface area contributed by atoms with Crippen LogP contribution in [-0.4, -0.2) is 49.4 Å². The standard InChI is InChI=1S/C17H23NO6S/c1-12(2)25(22,23)14-5-3-13(4-6-14)16(21)18-17(11-15(19)20)7-9-24-10-8-17/h3-6,12H,7-11H2,1-2H3,(H,18,21)(H,19,20). The molecule has 1 aliphatic rings. The number of carboxylic acid groups (broad SMARTS) is 1. The van der Waals surface area contributed by atoms with Crippen LogP contribution in [0.25, 0.3) is 0 Å². The van der Waals surface area contributed by atoms with E-state index in [0.717, 1.165) is 0 Å². The number of carbonyl (C=O) groups is 2. The van der Waals surface area contributed by atoms with Gasteiger partial charge in [0.1, 0.15) is 0 Å². The van der Waals surface area contributed by atoms with Crippen LogP contribution >= 0.6 is 0 Å². The first-order valence-corrected chi connectivity index (χ1v) is 9.67. The van der Waals surface area contributed by atoms with Crippen LogP contribution in [0.15, 0.2) is 29.2 Å². The summed E-state index contributed by atoms with van der Waals surface area (Å²) in [5, 5.41) is 11.4. The summed E-state index contributed by atoms with van der Waals surface area (Å²) in [5.41, 5.74) is -0.553. The molecule has 0 aliphatic carbocycles. The molecule has 0 unspecified atom stereocenters. The lowest BCUT2D eigenvalue weighted by molar-refractivity contribution is -0.139. The van der Waals surface area contributed by atoms with Gasteiger partial charge in [-0.2, -0.15) is 0 Å². The summed E-state index contributed by atoms with van der Waals surface area (Å²) in [6.07, 6.45) is 0.664. The minimum atomic E-state index is -3.40. The maximum Gasteiger partial charge on any atom is 0.305 e. The molecule has 0 bridgehead atoms. The molecule has 1 aromatic rings. The predicted molar refractivity (Wildman–Crippen MR) is 91.3 cm³/mol. The number of rotatable bonds is 6. The van der Waals surface area contributed by atoms with Crippen LogP contribution in [0.5, 0.6) is 0 Å². The number of aliphatic carboxylic acids is 1. The molecule has 1 aliphatic heterocycles. The van der Waals surface area contributed by atoms with E-state index >= 15 is 0 Å². The Morgan fingerprint density at radius 1 is 1.20 bits per heavy atom. The molecule has 1 heterocycles. The summed E-state index contributed by atoms with van der Waals surface area (Å²) in [6, 6.07) is 5.69. The van der Waals surface area contributed by atoms with Crippen LogP contribution in [0.3, 0.4) is 0 Å². The van der Waals surface area contributed by atoms with Crippen LogP contribution in [0.1, 0.15) is 43.5 Å². The van der Waals surface area contributed by atoms with Gasteiger partial charge in [0, 0.05) is 18.8 Å². The zero-order chi connectivity index (χ0) is 18.7. The Balaban J connectivity index is 2.18. The van der Waals surface area contributed by atoms with Gasteiger partial charge in [0.2, 0.25) is 0 Å². The van der Waals surface area contributed by atoms with Gasteiger partial charge in [0.15, 0.2) is 9.84 Å². The lowest BCUT2D eigenvalue weighted by atomic mass is 9.86. The van der Waals surface area contributed by atoms with Gasteiger partial charge in [-0.1, -0.05) is 0 Å². The molecule has 1 fully saturated rings. The quantitative estimate of drug-likeness (QED) is 0.788. The molecule has 8 heteroatoms. The van der Waals surface area contributed by atoms with Crippen molar-refractivity contribution in [1.82, 2.24) is 5.32 Å². The van der Waals surface area contributed by atoms with E-state index in [2.05, 4.69) is 5.32 Å². The third-order valence-electron chi connectivity index (χ3n) is 4.38. The van der Waals surface area contributed by atoms with Crippen molar-refractivity contribution in [1.29, 1.82) is 0 Å². The first-order valence-electron chi connectivity index (χ1n) is 8.12. The number of ether oxygens (including phenoxy) is 1. The van der Waals surface area contributed by atoms with E-state index in [9.17, 15) is 18.0 Å². The summed E-state index contributed by atoms with van der Waals surface area (Å²) >= 11 is 0. The SMILES string of the molecule is CC(C)S(=O)(=O)c1ccc(C(=O)NC2(CC(=O)O)CCOCC2)cc1. The summed E-state index contributed by atoms with van der Waals surface area (Å²) < 4.78 is 29.5. The molecule has 25 heavy (non-hydrogen) atoms. The Labute approximate surface area is 147 Å². The van der Waals surface area contributed by atoms with Gasteiger partial charge in [-0.05, 0) is 51.0 Å². The first kappa shape index (κ1) is 19.4. The third-order valence-corrected chi connectivity index (χ3v) is 6.55. The zero-order valence-corrected chi connectivity index (χ0v) is 15.1. The van der Waals surface area contributed by atoms with E-state index in [-0.39, 0.29) is 11.3 Å². The lowest BCUT2D eigenvalue weighted by Crippen LogP contribution is -2.53. The second kappa shape index (κ2) is 7.53. The number of sulfone groups is 1. The number of amides is 1. The molecule has 0 radical (unpaired) electrons. The fourth-order valence-corrected chi connectivity index (χ4v) is 3.84. The highest BCUT2D eigenvalue weighted by molar-refractivity contribution is 7.92. The van der Waals surface area contributed by atoms with Gasteiger partial charge < -0.3 is 15.2 Å². The van der Waals surface area contributed by atoms with E-state index in [1.807, 2.05) is 0 Å². The van der Waals surface area contributed by atoms with Crippen molar-refractivity contribution >= 4 is 21.7 Å². The Bertz CT molecular complexity index is 733. The number of hydrogen-bond acceptors (Lipinski definition) is 5. The zero-order valence-electron chi connectivity index (χ0n) is 14.3. The highest BCUT2D eigenvalue weighted by Crippen LogP contribution is 2.25. The molecular formula is C17H23NO6S. The van der Waals surface area contributed by atoms with Crippen LogP contribution in [0, 0.1) is 0 Å². The average molecular weight is 369 g/mol. The molecule has 2 N–H and O–H groups in total. The number of carbonyl (C=O) groups excluding carboxylic acids is 1. The topological polar surface area (TPSA) is 110 Å². The van der Waals surface area contributed by atoms with Gasteiger partial charge in [0.25, 0.3) is 5.91 Å². The highest BCUT2D eigenvalue weighted by Gasteiger charge is 2.36. The molecule has 1 aromatic carbocycles. The van der Waals surface area contributed by atoms with Gasteiger partial charge in [-0.25, -0.2) is 8.42 Å². The minimum absolute atomic E-state index is 0.158. The van der Waals surface area contributed by atoms with Crippen molar-refractivity contribution in [2.24, 2.45) is 0 Å². The molecule has 7 nitrogen and oxygen atoms in total. The Hall–Kier alpha value is -1.93. The molecule has 1 saturated heterocycles. The van der Waals surface area contributed by atoms with Crippen molar-refractivity contribution < 1.29 is 27.9 Å². The maximum absolute atomic E-state index is 12.5. The first-order chi connectivity index (χ1) is 11.7. The summed E-state index contributed by atoms with van der Waals surface area (Å²) in [7, 11) is -3.40. The second-order valence-electron chi connectivity index (χ2n) is 6.54. The van der Waals surface area contributed by atoms with E-state index in [1.165, 1.54) is 24.3 Å². The second-order valence-corrected chi connectivity index (χ2v) is 9.04. The van der Waals surface area contributed by atoms with Crippen LogP contribution in [0.4, 0.5) is 0 Å². The van der Waals surface area contributed by atoms with Gasteiger partial charge in [-0.15, -0.1) is 0 Å². The largest absolute Gasteiger partial charge is 0.481 e. The lowest BCUT2D eigenvalue weighted by Gasteiger charge is -2.36. The molecule has 0 saturated carbocycles. The monoisotopic (exact) mass is 369 g/mol. The highest BCUT2D eigenvalue weighted by atomic mass is 32.2. The van der Waals surface area contributed by atoms with Gasteiger partial charge >= 0.3 is 5.97 Å². The smallest absolute Gasteiger partial charge is 0.305 e. The van der Waals surface area contributed by atoms with Crippen molar-refractivity contribution in [3.8, 4) is 0 Å². The van der Waals surface area contributed by atoms with Crippen molar-refractivity contribution in [2.45, 2.75) is 48.8 Å². The molecule has 2 rings (SSSR count). The molecule has 0 spiro atoms. The summed E-state index contributed by atoms with van der Waals surface area (Å²) in [4.78, 5) is 23.8. The Morgan fingerprint density at radius 3 is 2.24 bits per heavy atom. The normalized spacial score (nSPS) is 17.2. The molecule has 0 aromatic heterocycles. The third kappa shape index (κ3) is 4.58. The summed E-state index contributed by atoms with van der Waals surface area (Å²) in [6.45, 7) is 3.96. The van der Waals surface area contributed by atoms with Crippen LogP contribution in [0.2, 0.25) is 0 Å². The number of hydrogen-bond donors (Lipinski definition) is 2.